The molecule has 0 aliphatic carbocycles. The minimum atomic E-state index is -0.487. The number of aromatic nitrogens is 4. The maximum Gasteiger partial charge on any atom is 0.280 e. The van der Waals surface area contributed by atoms with Gasteiger partial charge < -0.3 is 9.26 Å². The number of ether oxygens (including phenoxy) is 1. The Morgan fingerprint density at radius 2 is 1.97 bits per heavy atom. The summed E-state index contributed by atoms with van der Waals surface area (Å²) in [5.74, 6) is 0.897. The molecule has 2 aromatic heterocycles. The van der Waals surface area contributed by atoms with Crippen LogP contribution in [0.3, 0.4) is 0 Å². The number of carbonyl (C=O) groups is 1. The Labute approximate surface area is 200 Å². The van der Waals surface area contributed by atoms with Crippen LogP contribution < -0.4 is 10.1 Å². The van der Waals surface area contributed by atoms with Crippen molar-refractivity contribution in [2.75, 3.05) is 5.32 Å². The Bertz CT molecular complexity index is 1320. The SMILES string of the molecule is Cc1cccc(OCc2c(C(=O)Nc3ncn(Cc4ccc(Cl)c(Cl)c4)n3)noc2C)c1C. The molecule has 33 heavy (non-hydrogen) atoms. The smallest absolute Gasteiger partial charge is 0.280 e. The van der Waals surface area contributed by atoms with E-state index in [0.29, 0.717) is 27.9 Å². The number of carbonyl (C=O) groups excluding carboxylic acids is 1. The van der Waals surface area contributed by atoms with Crippen molar-refractivity contribution in [3.05, 3.63) is 86.5 Å². The molecule has 0 fully saturated rings. The first-order valence-electron chi connectivity index (χ1n) is 10.1. The molecule has 8 nitrogen and oxygen atoms in total. The number of hydrogen-bond acceptors (Lipinski definition) is 6. The molecule has 0 aliphatic rings. The number of rotatable bonds is 7. The maximum absolute atomic E-state index is 12.8. The number of anilines is 1. The number of benzene rings is 2. The molecule has 0 saturated carbocycles. The summed E-state index contributed by atoms with van der Waals surface area (Å²) in [6.07, 6.45) is 1.51. The van der Waals surface area contributed by atoms with Gasteiger partial charge in [-0.25, -0.2) is 9.67 Å². The Morgan fingerprint density at radius 1 is 1.15 bits per heavy atom. The van der Waals surface area contributed by atoms with Crippen LogP contribution in [-0.2, 0) is 13.2 Å². The largest absolute Gasteiger partial charge is 0.488 e. The minimum Gasteiger partial charge on any atom is -0.488 e. The van der Waals surface area contributed by atoms with Gasteiger partial charge in [0.15, 0.2) is 5.69 Å². The molecule has 170 valence electrons. The molecule has 1 amide bonds. The summed E-state index contributed by atoms with van der Waals surface area (Å²) in [5, 5.41) is 11.8. The van der Waals surface area contributed by atoms with E-state index in [4.69, 9.17) is 32.5 Å². The molecule has 0 unspecified atom stereocenters. The molecular formula is C23H21Cl2N5O3. The van der Waals surface area contributed by atoms with Gasteiger partial charge in [-0.1, -0.05) is 46.6 Å². The van der Waals surface area contributed by atoms with Crippen LogP contribution in [0.5, 0.6) is 5.75 Å². The summed E-state index contributed by atoms with van der Waals surface area (Å²) in [6, 6.07) is 11.1. The number of halogens is 2. The van der Waals surface area contributed by atoms with Crippen molar-refractivity contribution in [1.29, 1.82) is 0 Å². The van der Waals surface area contributed by atoms with Gasteiger partial charge in [0, 0.05) is 0 Å². The first-order valence-corrected chi connectivity index (χ1v) is 10.9. The van der Waals surface area contributed by atoms with E-state index in [9.17, 15) is 4.79 Å². The van der Waals surface area contributed by atoms with Gasteiger partial charge in [-0.3, -0.25) is 10.1 Å². The lowest BCUT2D eigenvalue weighted by Gasteiger charge is -2.10. The van der Waals surface area contributed by atoms with Gasteiger partial charge in [0.1, 0.15) is 24.4 Å². The fourth-order valence-electron chi connectivity index (χ4n) is 3.18. The van der Waals surface area contributed by atoms with E-state index in [0.717, 1.165) is 22.4 Å². The van der Waals surface area contributed by atoms with E-state index in [1.807, 2.05) is 38.1 Å². The lowest BCUT2D eigenvalue weighted by atomic mass is 10.1. The standard InChI is InChI=1S/C23H21Cl2N5O3/c1-13-5-4-6-20(14(13)2)32-11-17-15(3)33-29-21(17)22(31)27-23-26-12-30(28-23)10-16-7-8-18(24)19(25)9-16/h4-9,12H,10-11H2,1-3H3,(H,27,28,31). The van der Waals surface area contributed by atoms with E-state index in [1.54, 1.807) is 23.7 Å². The molecular weight excluding hydrogens is 465 g/mol. The molecule has 0 atom stereocenters. The van der Waals surface area contributed by atoms with Gasteiger partial charge in [0.2, 0.25) is 5.95 Å². The van der Waals surface area contributed by atoms with Crippen LogP contribution in [-0.4, -0.2) is 25.8 Å². The topological polar surface area (TPSA) is 95.1 Å². The van der Waals surface area contributed by atoms with E-state index < -0.39 is 5.91 Å². The van der Waals surface area contributed by atoms with E-state index >= 15 is 0 Å². The van der Waals surface area contributed by atoms with Gasteiger partial charge >= 0.3 is 0 Å². The zero-order valence-corrected chi connectivity index (χ0v) is 19.7. The highest BCUT2D eigenvalue weighted by atomic mass is 35.5. The van der Waals surface area contributed by atoms with E-state index in [1.165, 1.54) is 6.33 Å². The number of amides is 1. The highest BCUT2D eigenvalue weighted by Crippen LogP contribution is 2.24. The van der Waals surface area contributed by atoms with Gasteiger partial charge in [-0.05, 0) is 55.7 Å². The normalized spacial score (nSPS) is 10.9. The highest BCUT2D eigenvalue weighted by molar-refractivity contribution is 6.42. The minimum absolute atomic E-state index is 0.124. The zero-order valence-electron chi connectivity index (χ0n) is 18.2. The Hall–Kier alpha value is -3.36. The molecule has 1 N–H and O–H groups in total. The van der Waals surface area contributed by atoms with Crippen LogP contribution in [0.4, 0.5) is 5.95 Å². The molecule has 2 aromatic carbocycles. The average molecular weight is 486 g/mol. The molecule has 2 heterocycles. The summed E-state index contributed by atoms with van der Waals surface area (Å²) in [6.45, 7) is 6.28. The molecule has 0 bridgehead atoms. The summed E-state index contributed by atoms with van der Waals surface area (Å²) >= 11 is 12.0. The van der Waals surface area contributed by atoms with Crippen molar-refractivity contribution in [3.63, 3.8) is 0 Å². The Morgan fingerprint density at radius 3 is 2.76 bits per heavy atom. The molecule has 10 heteroatoms. The summed E-state index contributed by atoms with van der Waals surface area (Å²) < 4.78 is 12.8. The predicted molar refractivity (Wildman–Crippen MR) is 125 cm³/mol. The Kier molecular flexibility index (Phi) is 6.67. The number of nitrogens with one attached hydrogen (secondary N) is 1. The monoisotopic (exact) mass is 485 g/mol. The van der Waals surface area contributed by atoms with E-state index in [2.05, 4.69) is 20.6 Å². The second kappa shape index (κ2) is 9.64. The van der Waals surface area contributed by atoms with Crippen molar-refractivity contribution in [2.24, 2.45) is 0 Å². The van der Waals surface area contributed by atoms with Gasteiger partial charge in [0.05, 0.1) is 22.2 Å². The van der Waals surface area contributed by atoms with Crippen molar-refractivity contribution in [1.82, 2.24) is 19.9 Å². The van der Waals surface area contributed by atoms with Crippen LogP contribution in [0.1, 0.15) is 38.5 Å². The second-order valence-electron chi connectivity index (χ2n) is 7.52. The van der Waals surface area contributed by atoms with Crippen LogP contribution in [0.15, 0.2) is 47.2 Å². The predicted octanol–water partition coefficient (Wildman–Crippen LogP) is 5.38. The van der Waals surface area contributed by atoms with Gasteiger partial charge in [-0.2, -0.15) is 0 Å². The summed E-state index contributed by atoms with van der Waals surface area (Å²) in [4.78, 5) is 17.0. The van der Waals surface area contributed by atoms with E-state index in [-0.39, 0.29) is 18.2 Å². The molecule has 0 aliphatic heterocycles. The molecule has 0 radical (unpaired) electrons. The number of hydrogen-bond donors (Lipinski definition) is 1. The van der Waals surface area contributed by atoms with Crippen molar-refractivity contribution in [2.45, 2.75) is 33.9 Å². The van der Waals surface area contributed by atoms with Crippen molar-refractivity contribution < 1.29 is 14.1 Å². The van der Waals surface area contributed by atoms with Crippen LogP contribution in [0, 0.1) is 20.8 Å². The average Bonchev–Trinajstić information content (AvgIpc) is 3.38. The number of aryl methyl sites for hydroxylation is 2. The third kappa shape index (κ3) is 5.18. The molecule has 4 rings (SSSR count). The van der Waals surface area contributed by atoms with Crippen LogP contribution >= 0.6 is 23.2 Å². The fraction of sp³-hybridized carbons (Fsp3) is 0.217. The third-order valence-corrected chi connectivity index (χ3v) is 5.96. The lowest BCUT2D eigenvalue weighted by molar-refractivity contribution is 0.101. The summed E-state index contributed by atoms with van der Waals surface area (Å²) in [5.41, 5.74) is 3.73. The Balaban J connectivity index is 1.44. The zero-order chi connectivity index (χ0) is 23.5. The first-order chi connectivity index (χ1) is 15.8. The molecule has 0 spiro atoms. The highest BCUT2D eigenvalue weighted by Gasteiger charge is 2.22. The maximum atomic E-state index is 12.8. The van der Waals surface area contributed by atoms with Crippen LogP contribution in [0.25, 0.3) is 0 Å². The fourth-order valence-corrected chi connectivity index (χ4v) is 3.50. The molecule has 4 aromatic rings. The first kappa shape index (κ1) is 22.8. The summed E-state index contributed by atoms with van der Waals surface area (Å²) in [7, 11) is 0. The van der Waals surface area contributed by atoms with Crippen molar-refractivity contribution in [3.8, 4) is 5.75 Å². The lowest BCUT2D eigenvalue weighted by Crippen LogP contribution is -2.16. The number of nitrogens with zero attached hydrogens (tertiary/aromatic N) is 4. The van der Waals surface area contributed by atoms with Gasteiger partial charge in [0.25, 0.3) is 5.91 Å². The second-order valence-corrected chi connectivity index (χ2v) is 8.34. The van der Waals surface area contributed by atoms with Gasteiger partial charge in [-0.15, -0.1) is 5.10 Å². The van der Waals surface area contributed by atoms with Crippen molar-refractivity contribution >= 4 is 35.1 Å². The molecule has 0 saturated heterocycles. The quantitative estimate of drug-likeness (QED) is 0.377. The van der Waals surface area contributed by atoms with Crippen LogP contribution in [0.2, 0.25) is 10.0 Å². The third-order valence-electron chi connectivity index (χ3n) is 5.22.